The molecule has 1 fully saturated rings. The molecule has 1 N–H and O–H groups in total. The topological polar surface area (TPSA) is 28.2 Å². The molecule has 1 unspecified atom stereocenters. The van der Waals surface area contributed by atoms with Gasteiger partial charge in [-0.1, -0.05) is 6.92 Å². The predicted molar refractivity (Wildman–Crippen MR) is 64.2 cm³/mol. The molecule has 1 atom stereocenters. The largest absolute Gasteiger partial charge is 0.314 e. The minimum absolute atomic E-state index is 0.630. The monoisotopic (exact) mass is 225 g/mol. The van der Waals surface area contributed by atoms with Crippen LogP contribution in [0.25, 0.3) is 0 Å². The first-order valence-electron chi connectivity index (χ1n) is 5.67. The summed E-state index contributed by atoms with van der Waals surface area (Å²) in [6, 6.07) is 0.630. The van der Waals surface area contributed by atoms with E-state index in [1.807, 2.05) is 0 Å². The summed E-state index contributed by atoms with van der Waals surface area (Å²) in [7, 11) is 0. The van der Waals surface area contributed by atoms with Gasteiger partial charge in [-0.25, -0.2) is 4.98 Å². The van der Waals surface area contributed by atoms with E-state index in [4.69, 9.17) is 0 Å². The molecular formula is C11H19N3S. The molecule has 1 aliphatic heterocycles. The Morgan fingerprint density at radius 1 is 1.67 bits per heavy atom. The van der Waals surface area contributed by atoms with Gasteiger partial charge < -0.3 is 5.32 Å². The van der Waals surface area contributed by atoms with Crippen molar-refractivity contribution < 1.29 is 0 Å². The summed E-state index contributed by atoms with van der Waals surface area (Å²) in [6.07, 6.45) is 1.06. The molecule has 1 saturated heterocycles. The minimum Gasteiger partial charge on any atom is -0.314 e. The van der Waals surface area contributed by atoms with Crippen molar-refractivity contribution in [2.75, 3.05) is 19.6 Å². The van der Waals surface area contributed by atoms with Crippen molar-refractivity contribution in [2.45, 2.75) is 32.9 Å². The van der Waals surface area contributed by atoms with Crippen molar-refractivity contribution >= 4 is 11.3 Å². The number of rotatable bonds is 3. The fraction of sp³-hybridized carbons (Fsp3) is 0.727. The second-order valence-corrected chi connectivity index (χ2v) is 5.05. The van der Waals surface area contributed by atoms with E-state index in [0.29, 0.717) is 6.04 Å². The van der Waals surface area contributed by atoms with Crippen molar-refractivity contribution in [2.24, 2.45) is 0 Å². The summed E-state index contributed by atoms with van der Waals surface area (Å²) in [5.41, 5.74) is 1.24. The van der Waals surface area contributed by atoms with Crippen molar-refractivity contribution in [1.82, 2.24) is 15.2 Å². The molecule has 0 radical (unpaired) electrons. The SMILES string of the molecule is CCc1nc(CN2CCNCC2C)cs1. The predicted octanol–water partition coefficient (Wildman–Crippen LogP) is 1.50. The van der Waals surface area contributed by atoms with Gasteiger partial charge in [-0.3, -0.25) is 4.90 Å². The number of nitrogens with one attached hydrogen (secondary N) is 1. The number of hydrogen-bond acceptors (Lipinski definition) is 4. The van der Waals surface area contributed by atoms with E-state index in [9.17, 15) is 0 Å². The summed E-state index contributed by atoms with van der Waals surface area (Å²) >= 11 is 1.79. The van der Waals surface area contributed by atoms with E-state index in [2.05, 4.69) is 34.4 Å². The summed E-state index contributed by atoms with van der Waals surface area (Å²) < 4.78 is 0. The van der Waals surface area contributed by atoms with Crippen molar-refractivity contribution in [3.8, 4) is 0 Å². The van der Waals surface area contributed by atoms with Crippen LogP contribution < -0.4 is 5.32 Å². The van der Waals surface area contributed by atoms with Crippen LogP contribution in [0.5, 0.6) is 0 Å². The lowest BCUT2D eigenvalue weighted by Crippen LogP contribution is -2.49. The molecule has 84 valence electrons. The highest BCUT2D eigenvalue weighted by molar-refractivity contribution is 7.09. The van der Waals surface area contributed by atoms with Crippen LogP contribution in [0.15, 0.2) is 5.38 Å². The van der Waals surface area contributed by atoms with Crippen LogP contribution in [0.2, 0.25) is 0 Å². The van der Waals surface area contributed by atoms with Gasteiger partial charge >= 0.3 is 0 Å². The van der Waals surface area contributed by atoms with Crippen LogP contribution in [0.3, 0.4) is 0 Å². The second kappa shape index (κ2) is 5.05. The van der Waals surface area contributed by atoms with Crippen LogP contribution in [-0.4, -0.2) is 35.6 Å². The van der Waals surface area contributed by atoms with E-state index >= 15 is 0 Å². The smallest absolute Gasteiger partial charge is 0.0926 e. The zero-order chi connectivity index (χ0) is 10.7. The third kappa shape index (κ3) is 2.77. The first kappa shape index (κ1) is 11.0. The normalized spacial score (nSPS) is 23.2. The first-order valence-corrected chi connectivity index (χ1v) is 6.55. The lowest BCUT2D eigenvalue weighted by Gasteiger charge is -2.33. The van der Waals surface area contributed by atoms with Gasteiger partial charge in [0.15, 0.2) is 0 Å². The highest BCUT2D eigenvalue weighted by Gasteiger charge is 2.18. The maximum atomic E-state index is 4.61. The van der Waals surface area contributed by atoms with E-state index in [0.717, 1.165) is 32.6 Å². The lowest BCUT2D eigenvalue weighted by molar-refractivity contribution is 0.164. The Bertz CT molecular complexity index is 311. The molecule has 0 spiro atoms. The highest BCUT2D eigenvalue weighted by Crippen LogP contribution is 2.14. The molecule has 3 nitrogen and oxygen atoms in total. The molecule has 1 aromatic rings. The van der Waals surface area contributed by atoms with Crippen molar-refractivity contribution in [1.29, 1.82) is 0 Å². The van der Waals surface area contributed by atoms with Gasteiger partial charge in [0.1, 0.15) is 0 Å². The molecule has 1 aliphatic rings. The molecule has 0 aromatic carbocycles. The average molecular weight is 225 g/mol. The number of thiazole rings is 1. The van der Waals surface area contributed by atoms with Crippen LogP contribution in [0, 0.1) is 0 Å². The molecule has 4 heteroatoms. The van der Waals surface area contributed by atoms with Crippen LogP contribution >= 0.6 is 11.3 Å². The summed E-state index contributed by atoms with van der Waals surface area (Å²) in [6.45, 7) is 8.80. The zero-order valence-corrected chi connectivity index (χ0v) is 10.3. The maximum Gasteiger partial charge on any atom is 0.0926 e. The maximum absolute atomic E-state index is 4.61. The van der Waals surface area contributed by atoms with Crippen LogP contribution in [0.1, 0.15) is 24.5 Å². The summed E-state index contributed by atoms with van der Waals surface area (Å²) in [5, 5.41) is 6.87. The van der Waals surface area contributed by atoms with E-state index in [1.54, 1.807) is 11.3 Å². The third-order valence-electron chi connectivity index (χ3n) is 2.91. The Labute approximate surface area is 95.5 Å². The number of aryl methyl sites for hydroxylation is 1. The number of nitrogens with zero attached hydrogens (tertiary/aromatic N) is 2. The molecule has 2 heterocycles. The molecule has 1 aromatic heterocycles. The van der Waals surface area contributed by atoms with Crippen LogP contribution in [-0.2, 0) is 13.0 Å². The molecule has 0 amide bonds. The van der Waals surface area contributed by atoms with Gasteiger partial charge in [0.05, 0.1) is 10.7 Å². The summed E-state index contributed by atoms with van der Waals surface area (Å²) in [4.78, 5) is 7.12. The Balaban J connectivity index is 1.95. The van der Waals surface area contributed by atoms with Gasteiger partial charge in [-0.05, 0) is 13.3 Å². The number of aromatic nitrogens is 1. The van der Waals surface area contributed by atoms with Gasteiger partial charge in [0.2, 0.25) is 0 Å². The first-order chi connectivity index (χ1) is 7.29. The Morgan fingerprint density at radius 2 is 2.53 bits per heavy atom. The van der Waals surface area contributed by atoms with E-state index in [-0.39, 0.29) is 0 Å². The van der Waals surface area contributed by atoms with Gasteiger partial charge in [0.25, 0.3) is 0 Å². The molecule has 0 saturated carbocycles. The van der Waals surface area contributed by atoms with Crippen LogP contribution in [0.4, 0.5) is 0 Å². The Morgan fingerprint density at radius 3 is 3.20 bits per heavy atom. The fourth-order valence-corrected chi connectivity index (χ4v) is 2.65. The highest BCUT2D eigenvalue weighted by atomic mass is 32.1. The number of piperazine rings is 1. The van der Waals surface area contributed by atoms with Crippen molar-refractivity contribution in [3.05, 3.63) is 16.1 Å². The lowest BCUT2D eigenvalue weighted by atomic mass is 10.2. The molecule has 0 aliphatic carbocycles. The minimum atomic E-state index is 0.630. The molecule has 2 rings (SSSR count). The second-order valence-electron chi connectivity index (χ2n) is 4.11. The van der Waals surface area contributed by atoms with Crippen molar-refractivity contribution in [3.63, 3.8) is 0 Å². The average Bonchev–Trinajstić information content (AvgIpc) is 2.69. The Hall–Kier alpha value is -0.450. The quantitative estimate of drug-likeness (QED) is 0.845. The van der Waals surface area contributed by atoms with E-state index < -0.39 is 0 Å². The molecule has 0 bridgehead atoms. The van der Waals surface area contributed by atoms with E-state index in [1.165, 1.54) is 10.7 Å². The van der Waals surface area contributed by atoms with Gasteiger partial charge in [-0.15, -0.1) is 11.3 Å². The number of hydrogen-bond donors (Lipinski definition) is 1. The molecule has 15 heavy (non-hydrogen) atoms. The van der Waals surface area contributed by atoms with Gasteiger partial charge in [-0.2, -0.15) is 0 Å². The third-order valence-corrected chi connectivity index (χ3v) is 3.95. The zero-order valence-electron chi connectivity index (χ0n) is 9.49. The Kier molecular flexibility index (Phi) is 3.72. The fourth-order valence-electron chi connectivity index (χ4n) is 1.91. The standard InChI is InChI=1S/C11H19N3S/c1-3-11-13-10(8-15-11)7-14-5-4-12-6-9(14)2/h8-9,12H,3-7H2,1-2H3. The molecular weight excluding hydrogens is 206 g/mol. The summed E-state index contributed by atoms with van der Waals surface area (Å²) in [5.74, 6) is 0. The van der Waals surface area contributed by atoms with Gasteiger partial charge in [0, 0.05) is 37.6 Å².